The van der Waals surface area contributed by atoms with Crippen molar-refractivity contribution in [1.82, 2.24) is 5.32 Å². The Morgan fingerprint density at radius 3 is 2.48 bits per heavy atom. The Hall–Kier alpha value is -2.62. The Balaban J connectivity index is 1.74. The highest BCUT2D eigenvalue weighted by Gasteiger charge is 2.27. The third-order valence-electron chi connectivity index (χ3n) is 4.58. The van der Waals surface area contributed by atoms with Crippen LogP contribution in [-0.2, 0) is 11.2 Å². The maximum Gasteiger partial charge on any atom is 0.251 e. The number of hydrogen-bond donors (Lipinski definition) is 1. The van der Waals surface area contributed by atoms with Gasteiger partial charge in [-0.2, -0.15) is 0 Å². The molecule has 0 bridgehead atoms. The highest BCUT2D eigenvalue weighted by Crippen LogP contribution is 2.27. The maximum absolute atomic E-state index is 12.9. The van der Waals surface area contributed by atoms with E-state index in [9.17, 15) is 9.59 Å². The molecule has 0 radical (unpaired) electrons. The summed E-state index contributed by atoms with van der Waals surface area (Å²) in [5.74, 6) is -0.275. The van der Waals surface area contributed by atoms with Gasteiger partial charge in [0.05, 0.1) is 0 Å². The maximum atomic E-state index is 12.9. The number of nitrogens with one attached hydrogen (secondary N) is 1. The lowest BCUT2D eigenvalue weighted by Crippen LogP contribution is -2.48. The highest BCUT2D eigenvalue weighted by atomic mass is 16.2. The molecular weight excluding hydrogens is 312 g/mol. The molecule has 0 saturated carbocycles. The van der Waals surface area contributed by atoms with Crippen LogP contribution in [0.2, 0.25) is 0 Å². The fourth-order valence-electron chi connectivity index (χ4n) is 3.44. The van der Waals surface area contributed by atoms with E-state index in [1.165, 1.54) is 5.56 Å². The normalized spacial score (nSPS) is 14.6. The number of fused-ring (bicyclic) bond motifs is 1. The molecule has 1 aliphatic rings. The molecule has 2 amide bonds. The highest BCUT2D eigenvalue weighted by molar-refractivity contribution is 6.02. The van der Waals surface area contributed by atoms with Crippen molar-refractivity contribution >= 4 is 17.5 Å². The molecule has 1 aliphatic heterocycles. The number of anilines is 1. The van der Waals surface area contributed by atoms with Crippen molar-refractivity contribution in [2.24, 2.45) is 0 Å². The smallest absolute Gasteiger partial charge is 0.251 e. The van der Waals surface area contributed by atoms with Gasteiger partial charge in [0.1, 0.15) is 6.04 Å². The number of amides is 2. The van der Waals surface area contributed by atoms with Crippen LogP contribution >= 0.6 is 0 Å². The molecule has 0 aliphatic carbocycles. The lowest BCUT2D eigenvalue weighted by atomic mass is 10.0. The van der Waals surface area contributed by atoms with Crippen LogP contribution in [0.5, 0.6) is 0 Å². The third kappa shape index (κ3) is 3.73. The first kappa shape index (κ1) is 17.2. The van der Waals surface area contributed by atoms with E-state index < -0.39 is 6.04 Å². The van der Waals surface area contributed by atoms with Crippen molar-refractivity contribution in [2.75, 3.05) is 11.4 Å². The molecule has 1 atom stereocenters. The second-order valence-corrected chi connectivity index (χ2v) is 6.79. The Labute approximate surface area is 148 Å². The number of hydrogen-bond acceptors (Lipinski definition) is 2. The number of benzene rings is 2. The molecule has 4 heteroatoms. The predicted molar refractivity (Wildman–Crippen MR) is 100.0 cm³/mol. The first-order valence-electron chi connectivity index (χ1n) is 8.74. The molecule has 1 heterocycles. The average molecular weight is 336 g/mol. The van der Waals surface area contributed by atoms with E-state index in [2.05, 4.69) is 11.4 Å². The summed E-state index contributed by atoms with van der Waals surface area (Å²) < 4.78 is 0. The van der Waals surface area contributed by atoms with Crippen molar-refractivity contribution < 1.29 is 9.59 Å². The van der Waals surface area contributed by atoms with Crippen LogP contribution in [0.1, 0.15) is 40.4 Å². The second kappa shape index (κ2) is 7.09. The zero-order valence-electron chi connectivity index (χ0n) is 15.0. The summed E-state index contributed by atoms with van der Waals surface area (Å²) in [5, 5.41) is 2.85. The first-order chi connectivity index (χ1) is 12.0. The summed E-state index contributed by atoms with van der Waals surface area (Å²) in [7, 11) is 0. The fraction of sp³-hybridized carbons (Fsp3) is 0.333. The predicted octanol–water partition coefficient (Wildman–Crippen LogP) is 3.40. The van der Waals surface area contributed by atoms with Gasteiger partial charge < -0.3 is 10.2 Å². The van der Waals surface area contributed by atoms with E-state index in [1.54, 1.807) is 11.8 Å². The van der Waals surface area contributed by atoms with E-state index in [-0.39, 0.29) is 11.8 Å². The van der Waals surface area contributed by atoms with Crippen LogP contribution in [0, 0.1) is 13.8 Å². The topological polar surface area (TPSA) is 49.4 Å². The molecule has 0 aromatic heterocycles. The van der Waals surface area contributed by atoms with Gasteiger partial charge in [-0.15, -0.1) is 0 Å². The van der Waals surface area contributed by atoms with Gasteiger partial charge >= 0.3 is 0 Å². The van der Waals surface area contributed by atoms with Crippen LogP contribution in [0.4, 0.5) is 5.69 Å². The molecule has 4 nitrogen and oxygen atoms in total. The van der Waals surface area contributed by atoms with Crippen molar-refractivity contribution in [1.29, 1.82) is 0 Å². The van der Waals surface area contributed by atoms with Gasteiger partial charge in [-0.05, 0) is 57.4 Å². The number of nitrogens with zero attached hydrogens (tertiary/aromatic N) is 1. The zero-order valence-corrected chi connectivity index (χ0v) is 15.0. The van der Waals surface area contributed by atoms with Gasteiger partial charge in [-0.25, -0.2) is 0 Å². The Morgan fingerprint density at radius 1 is 1.08 bits per heavy atom. The summed E-state index contributed by atoms with van der Waals surface area (Å²) in [6, 6.07) is 13.1. The molecule has 0 fully saturated rings. The van der Waals surface area contributed by atoms with E-state index in [1.807, 2.05) is 50.2 Å². The van der Waals surface area contributed by atoms with Crippen molar-refractivity contribution in [3.05, 3.63) is 64.7 Å². The van der Waals surface area contributed by atoms with E-state index in [4.69, 9.17) is 0 Å². The number of carbonyl (C=O) groups is 2. The quantitative estimate of drug-likeness (QED) is 0.934. The van der Waals surface area contributed by atoms with Gasteiger partial charge in [0.2, 0.25) is 5.91 Å². The summed E-state index contributed by atoms with van der Waals surface area (Å²) >= 11 is 0. The monoisotopic (exact) mass is 336 g/mol. The molecule has 1 N–H and O–H groups in total. The standard InChI is InChI=1S/C21H24N2O2/c1-14-11-15(2)13-18(12-14)20(24)22-16(3)21(25)23-10-6-8-17-7-4-5-9-19(17)23/h4-5,7,9,11-13,16H,6,8,10H2,1-3H3,(H,22,24). The average Bonchev–Trinajstić information content (AvgIpc) is 2.59. The van der Waals surface area contributed by atoms with Crippen LogP contribution in [0.15, 0.2) is 42.5 Å². The van der Waals surface area contributed by atoms with E-state index >= 15 is 0 Å². The Bertz CT molecular complexity index is 793. The molecule has 25 heavy (non-hydrogen) atoms. The van der Waals surface area contributed by atoms with Gasteiger partial charge in [-0.1, -0.05) is 35.4 Å². The lowest BCUT2D eigenvalue weighted by Gasteiger charge is -2.31. The molecule has 2 aromatic carbocycles. The van der Waals surface area contributed by atoms with Crippen LogP contribution < -0.4 is 10.2 Å². The summed E-state index contributed by atoms with van der Waals surface area (Å²) in [6.07, 6.45) is 1.93. The van der Waals surface area contributed by atoms with Gasteiger partial charge in [0, 0.05) is 17.8 Å². The molecule has 130 valence electrons. The lowest BCUT2D eigenvalue weighted by molar-refractivity contribution is -0.120. The van der Waals surface area contributed by atoms with Crippen molar-refractivity contribution in [2.45, 2.75) is 39.7 Å². The van der Waals surface area contributed by atoms with E-state index in [0.717, 1.165) is 29.7 Å². The Morgan fingerprint density at radius 2 is 1.76 bits per heavy atom. The molecule has 0 saturated heterocycles. The molecule has 1 unspecified atom stereocenters. The fourth-order valence-corrected chi connectivity index (χ4v) is 3.44. The SMILES string of the molecule is Cc1cc(C)cc(C(=O)NC(C)C(=O)N2CCCc3ccccc32)c1. The summed E-state index contributed by atoms with van der Waals surface area (Å²) in [5.41, 5.74) is 4.82. The number of carbonyl (C=O) groups excluding carboxylic acids is 2. The molecular formula is C21H24N2O2. The van der Waals surface area contributed by atoms with Gasteiger partial charge in [0.25, 0.3) is 5.91 Å². The number of rotatable bonds is 3. The van der Waals surface area contributed by atoms with Crippen LogP contribution in [0.3, 0.4) is 0 Å². The minimum absolute atomic E-state index is 0.0649. The first-order valence-corrected chi connectivity index (χ1v) is 8.74. The van der Waals surface area contributed by atoms with Crippen LogP contribution in [0.25, 0.3) is 0 Å². The zero-order chi connectivity index (χ0) is 18.0. The van der Waals surface area contributed by atoms with Gasteiger partial charge in [0.15, 0.2) is 0 Å². The third-order valence-corrected chi connectivity index (χ3v) is 4.58. The van der Waals surface area contributed by atoms with Crippen LogP contribution in [-0.4, -0.2) is 24.4 Å². The number of para-hydroxylation sites is 1. The minimum atomic E-state index is -0.570. The van der Waals surface area contributed by atoms with E-state index in [0.29, 0.717) is 12.1 Å². The molecule has 2 aromatic rings. The number of aryl methyl sites for hydroxylation is 3. The van der Waals surface area contributed by atoms with Crippen molar-refractivity contribution in [3.8, 4) is 0 Å². The van der Waals surface area contributed by atoms with Crippen molar-refractivity contribution in [3.63, 3.8) is 0 Å². The largest absolute Gasteiger partial charge is 0.341 e. The van der Waals surface area contributed by atoms with Gasteiger partial charge in [-0.3, -0.25) is 9.59 Å². The summed E-state index contributed by atoms with van der Waals surface area (Å²) in [6.45, 7) is 6.37. The summed E-state index contributed by atoms with van der Waals surface area (Å²) in [4.78, 5) is 27.2. The second-order valence-electron chi connectivity index (χ2n) is 6.79. The molecule has 3 rings (SSSR count). The Kier molecular flexibility index (Phi) is 4.88. The molecule has 0 spiro atoms. The minimum Gasteiger partial charge on any atom is -0.341 e.